The fraction of sp³-hybridized carbons (Fsp3) is 0.214. The number of ether oxygens (including phenoxy) is 2. The number of thiazole rings is 1. The van der Waals surface area contributed by atoms with Crippen molar-refractivity contribution in [2.45, 2.75) is 19.9 Å². The first-order valence-electron chi connectivity index (χ1n) is 11.6. The maximum Gasteiger partial charge on any atom is 0.338 e. The van der Waals surface area contributed by atoms with Gasteiger partial charge in [-0.1, -0.05) is 48.3 Å². The average molecular weight is 518 g/mol. The molecule has 2 aromatic carbocycles. The molecular weight excluding hydrogens is 490 g/mol. The van der Waals surface area contributed by atoms with Gasteiger partial charge < -0.3 is 14.4 Å². The summed E-state index contributed by atoms with van der Waals surface area (Å²) in [4.78, 5) is 45.2. The van der Waals surface area contributed by atoms with E-state index in [0.29, 0.717) is 26.3 Å². The number of fused-ring (bicyclic) bond motifs is 1. The predicted molar refractivity (Wildman–Crippen MR) is 143 cm³/mol. The Morgan fingerprint density at radius 1 is 1.14 bits per heavy atom. The highest BCUT2D eigenvalue weighted by molar-refractivity contribution is 7.07. The monoisotopic (exact) mass is 517 g/mol. The maximum absolute atomic E-state index is 13.7. The molecule has 0 amide bonds. The molecule has 4 rings (SSSR count). The van der Waals surface area contributed by atoms with Crippen molar-refractivity contribution >= 4 is 35.0 Å². The second-order valence-electron chi connectivity index (χ2n) is 8.62. The Labute approximate surface area is 218 Å². The molecule has 0 radical (unpaired) electrons. The number of rotatable bonds is 7. The molecule has 2 heterocycles. The van der Waals surface area contributed by atoms with E-state index in [1.165, 1.54) is 28.9 Å². The van der Waals surface area contributed by atoms with Gasteiger partial charge in [0, 0.05) is 26.7 Å². The van der Waals surface area contributed by atoms with Crippen LogP contribution in [0.15, 0.2) is 82.2 Å². The van der Waals surface area contributed by atoms with E-state index in [-0.39, 0.29) is 17.7 Å². The number of nitrogens with zero attached hydrogens (tertiary/aromatic N) is 3. The second-order valence-corrected chi connectivity index (χ2v) is 9.63. The average Bonchev–Trinajstić information content (AvgIpc) is 3.16. The van der Waals surface area contributed by atoms with Crippen LogP contribution in [0.25, 0.3) is 6.08 Å². The van der Waals surface area contributed by atoms with Gasteiger partial charge in [-0.2, -0.15) is 0 Å². The minimum Gasteiger partial charge on any atom is -0.458 e. The van der Waals surface area contributed by atoms with Crippen LogP contribution < -0.4 is 24.5 Å². The number of esters is 2. The molecule has 0 bridgehead atoms. The maximum atomic E-state index is 13.7. The third-order valence-electron chi connectivity index (χ3n) is 5.74. The van der Waals surface area contributed by atoms with Crippen LogP contribution in [0.3, 0.4) is 0 Å². The highest BCUT2D eigenvalue weighted by atomic mass is 32.1. The van der Waals surface area contributed by atoms with Crippen LogP contribution in [0.5, 0.6) is 5.75 Å². The topological polar surface area (TPSA) is 90.2 Å². The molecule has 0 unspecified atom stereocenters. The summed E-state index contributed by atoms with van der Waals surface area (Å²) in [5.74, 6) is -0.658. The summed E-state index contributed by atoms with van der Waals surface area (Å²) in [6.07, 6.45) is 3.30. The molecule has 0 fully saturated rings. The van der Waals surface area contributed by atoms with E-state index in [1.807, 2.05) is 49.3 Å². The predicted octanol–water partition coefficient (Wildman–Crippen LogP) is 2.96. The van der Waals surface area contributed by atoms with Crippen LogP contribution in [-0.2, 0) is 14.3 Å². The van der Waals surface area contributed by atoms with Crippen LogP contribution in [0.4, 0.5) is 5.69 Å². The lowest BCUT2D eigenvalue weighted by atomic mass is 9.96. The third-order valence-corrected chi connectivity index (χ3v) is 6.72. The molecule has 1 aromatic heterocycles. The van der Waals surface area contributed by atoms with E-state index in [9.17, 15) is 14.4 Å². The molecule has 0 N–H and O–H groups in total. The van der Waals surface area contributed by atoms with Gasteiger partial charge >= 0.3 is 11.9 Å². The Hall–Kier alpha value is -4.24. The van der Waals surface area contributed by atoms with Crippen LogP contribution in [0.1, 0.15) is 31.0 Å². The first kappa shape index (κ1) is 25.8. The van der Waals surface area contributed by atoms with Crippen molar-refractivity contribution in [3.8, 4) is 5.75 Å². The van der Waals surface area contributed by atoms with Gasteiger partial charge in [-0.15, -0.1) is 0 Å². The lowest BCUT2D eigenvalue weighted by molar-refractivity contribution is -0.138. The van der Waals surface area contributed by atoms with Crippen molar-refractivity contribution in [2.75, 3.05) is 25.6 Å². The number of anilines is 1. The Balaban J connectivity index is 1.86. The number of benzene rings is 2. The van der Waals surface area contributed by atoms with Gasteiger partial charge in [-0.25, -0.2) is 9.79 Å². The summed E-state index contributed by atoms with van der Waals surface area (Å²) in [5.41, 5.74) is 3.03. The highest BCUT2D eigenvalue weighted by Gasteiger charge is 2.33. The summed E-state index contributed by atoms with van der Waals surface area (Å²) < 4.78 is 12.5. The molecule has 1 aliphatic rings. The number of carbonyl (C=O) groups excluding carboxylic acids is 2. The first-order valence-corrected chi connectivity index (χ1v) is 12.4. The number of allylic oxidation sites excluding steroid dienone is 1. The van der Waals surface area contributed by atoms with Crippen LogP contribution >= 0.6 is 11.3 Å². The van der Waals surface area contributed by atoms with Crippen molar-refractivity contribution in [3.05, 3.63) is 103 Å². The van der Waals surface area contributed by atoms with E-state index >= 15 is 0 Å². The summed E-state index contributed by atoms with van der Waals surface area (Å²) in [6.45, 7) is 6.67. The van der Waals surface area contributed by atoms with E-state index in [2.05, 4.69) is 11.6 Å². The first-order chi connectivity index (χ1) is 17.7. The molecule has 1 atom stereocenters. The Morgan fingerprint density at radius 3 is 2.41 bits per heavy atom. The van der Waals surface area contributed by atoms with Crippen molar-refractivity contribution in [3.63, 3.8) is 0 Å². The zero-order chi connectivity index (χ0) is 26.7. The zero-order valence-corrected chi connectivity index (χ0v) is 21.9. The van der Waals surface area contributed by atoms with Crippen LogP contribution in [-0.4, -0.2) is 37.2 Å². The van der Waals surface area contributed by atoms with Crippen LogP contribution in [0.2, 0.25) is 0 Å². The molecule has 0 aliphatic carbocycles. The van der Waals surface area contributed by atoms with Crippen molar-refractivity contribution in [2.24, 2.45) is 4.99 Å². The van der Waals surface area contributed by atoms with Crippen LogP contribution in [0, 0.1) is 0 Å². The molecule has 8 nitrogen and oxygen atoms in total. The zero-order valence-electron chi connectivity index (χ0n) is 21.1. The summed E-state index contributed by atoms with van der Waals surface area (Å²) in [7, 11) is 3.93. The second kappa shape index (κ2) is 10.8. The molecule has 0 spiro atoms. The van der Waals surface area contributed by atoms with Gasteiger partial charge in [0.25, 0.3) is 5.56 Å². The summed E-state index contributed by atoms with van der Waals surface area (Å²) in [5, 5.41) is 0. The van der Waals surface area contributed by atoms with E-state index < -0.39 is 18.0 Å². The minimum atomic E-state index is -0.766. The van der Waals surface area contributed by atoms with Gasteiger partial charge in [0.05, 0.1) is 21.8 Å². The summed E-state index contributed by atoms with van der Waals surface area (Å²) >= 11 is 1.26. The molecule has 3 aromatic rings. The van der Waals surface area contributed by atoms with Gasteiger partial charge in [-0.05, 0) is 48.4 Å². The van der Waals surface area contributed by atoms with E-state index in [4.69, 9.17) is 9.47 Å². The number of hydrogen-bond donors (Lipinski definition) is 0. The fourth-order valence-electron chi connectivity index (χ4n) is 4.01. The van der Waals surface area contributed by atoms with E-state index in [1.54, 1.807) is 31.2 Å². The Morgan fingerprint density at radius 2 is 1.81 bits per heavy atom. The fourth-order valence-corrected chi connectivity index (χ4v) is 5.06. The smallest absolute Gasteiger partial charge is 0.338 e. The lowest BCUT2D eigenvalue weighted by Gasteiger charge is -2.24. The number of aromatic nitrogens is 1. The quantitative estimate of drug-likeness (QED) is 0.272. The van der Waals surface area contributed by atoms with Crippen molar-refractivity contribution in [1.29, 1.82) is 0 Å². The van der Waals surface area contributed by atoms with Gasteiger partial charge in [0.2, 0.25) is 0 Å². The highest BCUT2D eigenvalue weighted by Crippen LogP contribution is 2.31. The van der Waals surface area contributed by atoms with Crippen molar-refractivity contribution < 1.29 is 19.1 Å². The number of hydrogen-bond acceptors (Lipinski definition) is 8. The van der Waals surface area contributed by atoms with Crippen molar-refractivity contribution in [1.82, 2.24) is 4.57 Å². The van der Waals surface area contributed by atoms with Gasteiger partial charge in [0.1, 0.15) is 12.4 Å². The van der Waals surface area contributed by atoms with Gasteiger partial charge in [-0.3, -0.25) is 14.2 Å². The molecule has 37 heavy (non-hydrogen) atoms. The Kier molecular flexibility index (Phi) is 7.54. The third kappa shape index (κ3) is 5.46. The molecule has 1 aliphatic heterocycles. The van der Waals surface area contributed by atoms with Gasteiger partial charge in [0.15, 0.2) is 4.80 Å². The Bertz CT molecular complexity index is 1560. The molecule has 0 saturated carbocycles. The standard InChI is InChI=1S/C28H27N3O5S/c1-6-15-35-27(34)24-17(2)29-28-31(25(24)20-9-13-22(14-10-20)36-18(3)32)26(33)23(37-28)16-19-7-11-21(12-8-19)30(4)5/h6-14,16,25H,1,15H2,2-5H3/b23-16-/t25-/m0/s1. The van der Waals surface area contributed by atoms with E-state index in [0.717, 1.165) is 11.3 Å². The SMILES string of the molecule is C=CCOC(=O)C1=C(C)N=c2s/c(=C\c3ccc(N(C)C)cc3)c(=O)n2[C@H]1c1ccc(OC(C)=O)cc1. The molecular formula is C28H27N3O5S. The summed E-state index contributed by atoms with van der Waals surface area (Å²) in [6, 6.07) is 13.8. The lowest BCUT2D eigenvalue weighted by Crippen LogP contribution is -2.39. The molecule has 0 saturated heterocycles. The normalized spacial score (nSPS) is 15.0. The molecule has 9 heteroatoms. The molecule has 190 valence electrons. The minimum absolute atomic E-state index is 0.0289. The largest absolute Gasteiger partial charge is 0.458 e. The number of carbonyl (C=O) groups is 2.